The standard InChI is InChI=1S/C16H27N3O4/c1-13(2)3-4-14(20)17-5-7-18(8-6-17)15(21)16(22)19-9-11-23-12-10-19/h13H,3-12H2,1-2H3. The van der Waals surface area contributed by atoms with Crippen LogP contribution in [-0.4, -0.2) is 84.9 Å². The van der Waals surface area contributed by atoms with Gasteiger partial charge in [-0.1, -0.05) is 13.8 Å². The van der Waals surface area contributed by atoms with E-state index in [0.29, 0.717) is 64.8 Å². The molecule has 0 atom stereocenters. The summed E-state index contributed by atoms with van der Waals surface area (Å²) in [5.41, 5.74) is 0. The minimum atomic E-state index is -0.457. The van der Waals surface area contributed by atoms with Crippen LogP contribution in [0.3, 0.4) is 0 Å². The van der Waals surface area contributed by atoms with Gasteiger partial charge in [-0.3, -0.25) is 14.4 Å². The summed E-state index contributed by atoms with van der Waals surface area (Å²) in [5, 5.41) is 0. The van der Waals surface area contributed by atoms with Gasteiger partial charge in [-0.25, -0.2) is 0 Å². The van der Waals surface area contributed by atoms with Crippen molar-refractivity contribution in [3.8, 4) is 0 Å². The van der Waals surface area contributed by atoms with Gasteiger partial charge in [0.15, 0.2) is 0 Å². The van der Waals surface area contributed by atoms with Crippen LogP contribution < -0.4 is 0 Å². The first-order valence-corrected chi connectivity index (χ1v) is 8.42. The molecule has 0 aromatic rings. The molecule has 7 heteroatoms. The van der Waals surface area contributed by atoms with Crippen molar-refractivity contribution in [1.82, 2.24) is 14.7 Å². The molecular weight excluding hydrogens is 298 g/mol. The zero-order valence-electron chi connectivity index (χ0n) is 14.1. The van der Waals surface area contributed by atoms with Gasteiger partial charge in [0, 0.05) is 45.7 Å². The van der Waals surface area contributed by atoms with Crippen LogP contribution in [0.1, 0.15) is 26.7 Å². The summed E-state index contributed by atoms with van der Waals surface area (Å²) in [4.78, 5) is 41.5. The van der Waals surface area contributed by atoms with Crippen molar-refractivity contribution in [3.05, 3.63) is 0 Å². The molecule has 2 fully saturated rings. The topological polar surface area (TPSA) is 70.2 Å². The monoisotopic (exact) mass is 325 g/mol. The van der Waals surface area contributed by atoms with Crippen molar-refractivity contribution < 1.29 is 19.1 Å². The largest absolute Gasteiger partial charge is 0.378 e. The van der Waals surface area contributed by atoms with Crippen molar-refractivity contribution in [1.29, 1.82) is 0 Å². The van der Waals surface area contributed by atoms with Crippen LogP contribution in [0.5, 0.6) is 0 Å². The van der Waals surface area contributed by atoms with Crippen molar-refractivity contribution in [2.75, 3.05) is 52.5 Å². The van der Waals surface area contributed by atoms with Crippen molar-refractivity contribution in [3.63, 3.8) is 0 Å². The highest BCUT2D eigenvalue weighted by molar-refractivity contribution is 6.34. The maximum Gasteiger partial charge on any atom is 0.312 e. The Morgan fingerprint density at radius 1 is 0.826 bits per heavy atom. The number of piperazine rings is 1. The van der Waals surface area contributed by atoms with E-state index in [1.54, 1.807) is 14.7 Å². The van der Waals surface area contributed by atoms with Gasteiger partial charge in [-0.2, -0.15) is 0 Å². The highest BCUT2D eigenvalue weighted by Gasteiger charge is 2.31. The van der Waals surface area contributed by atoms with Crippen molar-refractivity contribution in [2.45, 2.75) is 26.7 Å². The summed E-state index contributed by atoms with van der Waals surface area (Å²) in [7, 11) is 0. The molecular formula is C16H27N3O4. The molecule has 2 saturated heterocycles. The number of nitrogens with zero attached hydrogens (tertiary/aromatic N) is 3. The first kappa shape index (κ1) is 17.7. The lowest BCUT2D eigenvalue weighted by Crippen LogP contribution is -2.55. The third-order valence-electron chi connectivity index (χ3n) is 4.34. The lowest BCUT2D eigenvalue weighted by Gasteiger charge is -2.36. The zero-order valence-corrected chi connectivity index (χ0v) is 14.1. The van der Waals surface area contributed by atoms with Crippen LogP contribution >= 0.6 is 0 Å². The first-order valence-electron chi connectivity index (χ1n) is 8.42. The van der Waals surface area contributed by atoms with Crippen LogP contribution in [0.25, 0.3) is 0 Å². The third-order valence-corrected chi connectivity index (χ3v) is 4.34. The van der Waals surface area contributed by atoms with E-state index < -0.39 is 11.8 Å². The predicted molar refractivity (Wildman–Crippen MR) is 84.6 cm³/mol. The van der Waals surface area contributed by atoms with Crippen LogP contribution in [0.4, 0.5) is 0 Å². The maximum atomic E-state index is 12.3. The van der Waals surface area contributed by atoms with Crippen LogP contribution in [0.15, 0.2) is 0 Å². The number of morpholine rings is 1. The average molecular weight is 325 g/mol. The SMILES string of the molecule is CC(C)CCC(=O)N1CCN(C(=O)C(=O)N2CCOCC2)CC1. The lowest BCUT2D eigenvalue weighted by molar-refractivity contribution is -0.155. The Kier molecular flexibility index (Phi) is 6.38. The molecule has 0 N–H and O–H groups in total. The second kappa shape index (κ2) is 8.29. The Morgan fingerprint density at radius 2 is 1.30 bits per heavy atom. The van der Waals surface area contributed by atoms with E-state index >= 15 is 0 Å². The van der Waals surface area contributed by atoms with Crippen molar-refractivity contribution >= 4 is 17.7 Å². The van der Waals surface area contributed by atoms with Gasteiger partial charge in [-0.15, -0.1) is 0 Å². The minimum absolute atomic E-state index is 0.144. The second-order valence-electron chi connectivity index (χ2n) is 6.51. The number of carbonyl (C=O) groups excluding carboxylic acids is 3. The molecule has 23 heavy (non-hydrogen) atoms. The smallest absolute Gasteiger partial charge is 0.312 e. The maximum absolute atomic E-state index is 12.3. The molecule has 2 rings (SSSR count). The summed E-state index contributed by atoms with van der Waals surface area (Å²) in [6.45, 7) is 8.00. The number of carbonyl (C=O) groups is 3. The normalized spacial score (nSPS) is 19.2. The van der Waals surface area contributed by atoms with Crippen LogP contribution in [0.2, 0.25) is 0 Å². The molecule has 0 radical (unpaired) electrons. The van der Waals surface area contributed by atoms with Crippen LogP contribution in [-0.2, 0) is 19.1 Å². The average Bonchev–Trinajstić information content (AvgIpc) is 2.59. The molecule has 130 valence electrons. The Bertz CT molecular complexity index is 439. The van der Waals surface area contributed by atoms with Gasteiger partial charge in [0.25, 0.3) is 0 Å². The molecule has 7 nitrogen and oxygen atoms in total. The summed E-state index contributed by atoms with van der Waals surface area (Å²) in [5.74, 6) is -0.257. The fourth-order valence-corrected chi connectivity index (χ4v) is 2.77. The van der Waals surface area contributed by atoms with Gasteiger partial charge in [0.1, 0.15) is 0 Å². The molecule has 0 bridgehead atoms. The van der Waals surface area contributed by atoms with Crippen LogP contribution in [0, 0.1) is 5.92 Å². The first-order chi connectivity index (χ1) is 11.0. The number of hydrogen-bond acceptors (Lipinski definition) is 4. The number of amides is 3. The van der Waals surface area contributed by atoms with E-state index in [0.717, 1.165) is 6.42 Å². The van der Waals surface area contributed by atoms with E-state index in [9.17, 15) is 14.4 Å². The van der Waals surface area contributed by atoms with E-state index in [1.807, 2.05) is 0 Å². The molecule has 2 aliphatic rings. The van der Waals surface area contributed by atoms with Gasteiger partial charge < -0.3 is 19.4 Å². The molecule has 0 aliphatic carbocycles. The Balaban J connectivity index is 1.78. The van der Waals surface area contributed by atoms with Gasteiger partial charge in [0.05, 0.1) is 13.2 Å². The molecule has 0 aromatic carbocycles. The molecule has 2 aliphatic heterocycles. The number of hydrogen-bond donors (Lipinski definition) is 0. The van der Waals surface area contributed by atoms with E-state index in [4.69, 9.17) is 4.74 Å². The molecule has 0 unspecified atom stereocenters. The van der Waals surface area contributed by atoms with Crippen molar-refractivity contribution in [2.24, 2.45) is 5.92 Å². The highest BCUT2D eigenvalue weighted by Crippen LogP contribution is 2.10. The summed E-state index contributed by atoms with van der Waals surface area (Å²) >= 11 is 0. The Hall–Kier alpha value is -1.63. The lowest BCUT2D eigenvalue weighted by atomic mass is 10.1. The summed E-state index contributed by atoms with van der Waals surface area (Å²) < 4.78 is 5.19. The molecule has 0 saturated carbocycles. The molecule has 0 spiro atoms. The fraction of sp³-hybridized carbons (Fsp3) is 0.812. The second-order valence-corrected chi connectivity index (χ2v) is 6.51. The Labute approximate surface area is 137 Å². The zero-order chi connectivity index (χ0) is 16.8. The van der Waals surface area contributed by atoms with Gasteiger partial charge >= 0.3 is 11.8 Å². The predicted octanol–water partition coefficient (Wildman–Crippen LogP) is -0.0478. The van der Waals surface area contributed by atoms with E-state index in [1.165, 1.54) is 0 Å². The highest BCUT2D eigenvalue weighted by atomic mass is 16.5. The minimum Gasteiger partial charge on any atom is -0.378 e. The summed E-state index contributed by atoms with van der Waals surface area (Å²) in [6.07, 6.45) is 1.44. The van der Waals surface area contributed by atoms with Gasteiger partial charge in [0.2, 0.25) is 5.91 Å². The summed E-state index contributed by atoms with van der Waals surface area (Å²) in [6, 6.07) is 0. The van der Waals surface area contributed by atoms with Gasteiger partial charge in [-0.05, 0) is 12.3 Å². The number of rotatable bonds is 3. The molecule has 2 heterocycles. The Morgan fingerprint density at radius 3 is 1.83 bits per heavy atom. The molecule has 3 amide bonds. The fourth-order valence-electron chi connectivity index (χ4n) is 2.77. The third kappa shape index (κ3) is 4.92. The van der Waals surface area contributed by atoms with E-state index in [2.05, 4.69) is 13.8 Å². The number of ether oxygens (including phenoxy) is 1. The quantitative estimate of drug-likeness (QED) is 0.682. The molecule has 0 aromatic heterocycles. The van der Waals surface area contributed by atoms with E-state index in [-0.39, 0.29) is 5.91 Å².